The number of hydrogen-bond donors (Lipinski definition) is 5. The minimum Gasteiger partial charge on any atom is -0.480 e. The van der Waals surface area contributed by atoms with E-state index < -0.39 is 41.8 Å². The molecule has 29 heavy (non-hydrogen) atoms. The average molecular weight is 406 g/mol. The summed E-state index contributed by atoms with van der Waals surface area (Å²) in [6, 6.07) is 6.20. The molecule has 0 aliphatic carbocycles. The third-order valence-corrected chi connectivity index (χ3v) is 4.09. The Kier molecular flexibility index (Phi) is 9.81. The van der Waals surface area contributed by atoms with Crippen LogP contribution in [0.5, 0.6) is 0 Å². The zero-order chi connectivity index (χ0) is 22.0. The highest BCUT2D eigenvalue weighted by Gasteiger charge is 2.27. The monoisotopic (exact) mass is 406 g/mol. The van der Waals surface area contributed by atoms with Gasteiger partial charge in [-0.15, -0.1) is 0 Å². The van der Waals surface area contributed by atoms with Crippen LogP contribution >= 0.6 is 0 Å². The molecule has 6 N–H and O–H groups in total. The first kappa shape index (κ1) is 24.1. The molecule has 0 bridgehead atoms. The SMILES string of the molecule is CC(C)CC(NC(=O)C(Cc1ccccc1)NC(=O)CNC(=O)C(C)N)C(=O)O. The van der Waals surface area contributed by atoms with E-state index in [1.54, 1.807) is 24.3 Å². The maximum atomic E-state index is 12.7. The van der Waals surface area contributed by atoms with Crippen LogP contribution in [0.4, 0.5) is 0 Å². The van der Waals surface area contributed by atoms with Crippen LogP contribution in [0.25, 0.3) is 0 Å². The van der Waals surface area contributed by atoms with Crippen molar-refractivity contribution >= 4 is 23.7 Å². The van der Waals surface area contributed by atoms with Crippen molar-refractivity contribution in [3.05, 3.63) is 35.9 Å². The number of nitrogens with two attached hydrogens (primary N) is 1. The average Bonchev–Trinajstić information content (AvgIpc) is 2.65. The number of carbonyl (C=O) groups is 4. The summed E-state index contributed by atoms with van der Waals surface area (Å²) in [5.74, 6) is -2.75. The molecule has 160 valence electrons. The Bertz CT molecular complexity index is 706. The molecule has 0 aliphatic rings. The van der Waals surface area contributed by atoms with Crippen molar-refractivity contribution in [3.8, 4) is 0 Å². The van der Waals surface area contributed by atoms with E-state index in [-0.39, 0.29) is 25.3 Å². The van der Waals surface area contributed by atoms with E-state index in [9.17, 15) is 24.3 Å². The summed E-state index contributed by atoms with van der Waals surface area (Å²) in [5, 5.41) is 16.8. The van der Waals surface area contributed by atoms with Gasteiger partial charge in [0.15, 0.2) is 0 Å². The summed E-state index contributed by atoms with van der Waals surface area (Å²) in [5.41, 5.74) is 6.23. The van der Waals surface area contributed by atoms with Crippen molar-refractivity contribution in [2.75, 3.05) is 6.54 Å². The Morgan fingerprint density at radius 1 is 0.966 bits per heavy atom. The fourth-order valence-electron chi connectivity index (χ4n) is 2.60. The molecule has 1 rings (SSSR count). The first-order valence-corrected chi connectivity index (χ1v) is 9.49. The molecule has 0 heterocycles. The van der Waals surface area contributed by atoms with Crippen LogP contribution in [0.1, 0.15) is 32.8 Å². The number of rotatable bonds is 11. The highest BCUT2D eigenvalue weighted by atomic mass is 16.4. The van der Waals surface area contributed by atoms with E-state index in [1.165, 1.54) is 6.92 Å². The molecule has 9 heteroatoms. The molecule has 9 nitrogen and oxygen atoms in total. The second-order valence-electron chi connectivity index (χ2n) is 7.35. The number of carbonyl (C=O) groups excluding carboxylic acids is 3. The molecule has 3 amide bonds. The van der Waals surface area contributed by atoms with Crippen LogP contribution in [0, 0.1) is 5.92 Å². The molecule has 0 spiro atoms. The smallest absolute Gasteiger partial charge is 0.326 e. The first-order valence-electron chi connectivity index (χ1n) is 9.49. The van der Waals surface area contributed by atoms with E-state index in [1.807, 2.05) is 19.9 Å². The summed E-state index contributed by atoms with van der Waals surface area (Å²) in [7, 11) is 0. The highest BCUT2D eigenvalue weighted by molar-refractivity contribution is 5.92. The minimum absolute atomic E-state index is 0.0621. The number of carboxylic acid groups (broad SMARTS) is 1. The zero-order valence-electron chi connectivity index (χ0n) is 17.0. The summed E-state index contributed by atoms with van der Waals surface area (Å²) in [4.78, 5) is 47.9. The topological polar surface area (TPSA) is 151 Å². The summed E-state index contributed by atoms with van der Waals surface area (Å²) in [6.45, 7) is 4.85. The van der Waals surface area contributed by atoms with Gasteiger partial charge in [0, 0.05) is 6.42 Å². The van der Waals surface area contributed by atoms with Gasteiger partial charge in [-0.2, -0.15) is 0 Å². The Labute approximate surface area is 170 Å². The second-order valence-corrected chi connectivity index (χ2v) is 7.35. The van der Waals surface area contributed by atoms with E-state index in [0.717, 1.165) is 5.56 Å². The number of hydrogen-bond acceptors (Lipinski definition) is 5. The molecule has 3 unspecified atom stereocenters. The number of nitrogens with one attached hydrogen (secondary N) is 3. The van der Waals surface area contributed by atoms with Gasteiger partial charge in [0.2, 0.25) is 17.7 Å². The number of carboxylic acids is 1. The minimum atomic E-state index is -1.14. The van der Waals surface area contributed by atoms with Crippen molar-refractivity contribution < 1.29 is 24.3 Å². The van der Waals surface area contributed by atoms with Gasteiger partial charge in [-0.05, 0) is 24.8 Å². The Morgan fingerprint density at radius 3 is 2.10 bits per heavy atom. The zero-order valence-corrected chi connectivity index (χ0v) is 17.0. The van der Waals surface area contributed by atoms with E-state index in [4.69, 9.17) is 5.73 Å². The molecular weight excluding hydrogens is 376 g/mol. The van der Waals surface area contributed by atoms with Crippen LogP contribution in [-0.2, 0) is 25.6 Å². The Balaban J connectivity index is 2.86. The lowest BCUT2D eigenvalue weighted by Crippen LogP contribution is -2.54. The molecule has 0 radical (unpaired) electrons. The van der Waals surface area contributed by atoms with Crippen molar-refractivity contribution in [1.82, 2.24) is 16.0 Å². The molecule has 0 saturated carbocycles. The van der Waals surface area contributed by atoms with E-state index >= 15 is 0 Å². The van der Waals surface area contributed by atoms with E-state index in [2.05, 4.69) is 16.0 Å². The van der Waals surface area contributed by atoms with Crippen molar-refractivity contribution in [2.24, 2.45) is 11.7 Å². The Morgan fingerprint density at radius 2 is 1.59 bits per heavy atom. The molecule has 3 atom stereocenters. The summed E-state index contributed by atoms with van der Waals surface area (Å²) in [6.07, 6.45) is 0.436. The second kappa shape index (κ2) is 11.8. The third kappa shape index (κ3) is 9.20. The number of amides is 3. The molecule has 0 saturated heterocycles. The lowest BCUT2D eigenvalue weighted by molar-refractivity contribution is -0.142. The summed E-state index contributed by atoms with van der Waals surface area (Å²) < 4.78 is 0. The van der Waals surface area contributed by atoms with Crippen LogP contribution in [0.3, 0.4) is 0 Å². The van der Waals surface area contributed by atoms with Gasteiger partial charge in [0.25, 0.3) is 0 Å². The van der Waals surface area contributed by atoms with Crippen molar-refractivity contribution in [2.45, 2.75) is 51.7 Å². The van der Waals surface area contributed by atoms with Crippen LogP contribution < -0.4 is 21.7 Å². The number of benzene rings is 1. The standard InChI is InChI=1S/C20H30N4O5/c1-12(2)9-16(20(28)29)24-19(27)15(10-14-7-5-4-6-8-14)23-17(25)11-22-18(26)13(3)21/h4-8,12-13,15-16H,9-11,21H2,1-3H3,(H,22,26)(H,23,25)(H,24,27)(H,28,29). The highest BCUT2D eigenvalue weighted by Crippen LogP contribution is 2.08. The van der Waals surface area contributed by atoms with Gasteiger partial charge in [0.05, 0.1) is 12.6 Å². The fourth-order valence-corrected chi connectivity index (χ4v) is 2.60. The maximum absolute atomic E-state index is 12.7. The van der Waals surface area contributed by atoms with Crippen molar-refractivity contribution in [1.29, 1.82) is 0 Å². The molecular formula is C20H30N4O5. The third-order valence-electron chi connectivity index (χ3n) is 4.09. The predicted molar refractivity (Wildman–Crippen MR) is 108 cm³/mol. The van der Waals surface area contributed by atoms with Crippen molar-refractivity contribution in [3.63, 3.8) is 0 Å². The lowest BCUT2D eigenvalue weighted by atomic mass is 10.0. The maximum Gasteiger partial charge on any atom is 0.326 e. The van der Waals surface area contributed by atoms with Gasteiger partial charge in [0.1, 0.15) is 12.1 Å². The molecule has 1 aromatic carbocycles. The first-order chi connectivity index (χ1) is 13.6. The summed E-state index contributed by atoms with van der Waals surface area (Å²) >= 11 is 0. The normalized spacial score (nSPS) is 13.8. The molecule has 0 aromatic heterocycles. The van der Waals surface area contributed by atoms with Gasteiger partial charge in [-0.25, -0.2) is 4.79 Å². The van der Waals surface area contributed by atoms with Crippen LogP contribution in [0.2, 0.25) is 0 Å². The lowest BCUT2D eigenvalue weighted by Gasteiger charge is -2.22. The van der Waals surface area contributed by atoms with Gasteiger partial charge in [-0.3, -0.25) is 14.4 Å². The van der Waals surface area contributed by atoms with Crippen LogP contribution in [-0.4, -0.2) is 53.5 Å². The van der Waals surface area contributed by atoms with E-state index in [0.29, 0.717) is 0 Å². The fraction of sp³-hybridized carbons (Fsp3) is 0.500. The van der Waals surface area contributed by atoms with Crippen LogP contribution in [0.15, 0.2) is 30.3 Å². The molecule has 0 fully saturated rings. The predicted octanol–water partition coefficient (Wildman–Crippen LogP) is -0.207. The quantitative estimate of drug-likeness (QED) is 0.343. The molecule has 0 aliphatic heterocycles. The molecule has 1 aromatic rings. The van der Waals surface area contributed by atoms with Gasteiger partial charge in [-0.1, -0.05) is 44.2 Å². The van der Waals surface area contributed by atoms with Gasteiger partial charge >= 0.3 is 5.97 Å². The number of aliphatic carboxylic acids is 1. The van der Waals surface area contributed by atoms with Gasteiger partial charge < -0.3 is 26.8 Å². The largest absolute Gasteiger partial charge is 0.480 e. The Hall–Kier alpha value is -2.94.